The van der Waals surface area contributed by atoms with Crippen LogP contribution in [0.4, 0.5) is 0 Å². The van der Waals surface area contributed by atoms with Crippen LogP contribution in [0.2, 0.25) is 0 Å². The van der Waals surface area contributed by atoms with Crippen molar-refractivity contribution >= 4 is 34.2 Å². The molecule has 0 saturated carbocycles. The highest BCUT2D eigenvalue weighted by Crippen LogP contribution is 2.32. The van der Waals surface area contributed by atoms with Crippen LogP contribution in [-0.2, 0) is 6.42 Å². The third-order valence-corrected chi connectivity index (χ3v) is 5.01. The maximum atomic E-state index is 6.59. The fourth-order valence-corrected chi connectivity index (χ4v) is 3.35. The predicted octanol–water partition coefficient (Wildman–Crippen LogP) is 5.13. The second-order valence-electron chi connectivity index (χ2n) is 4.46. The van der Waals surface area contributed by atoms with E-state index in [0.717, 1.165) is 17.7 Å². The van der Waals surface area contributed by atoms with E-state index in [1.807, 2.05) is 18.2 Å². The topological polar surface area (TPSA) is 9.23 Å². The second kappa shape index (κ2) is 6.62. The SMILES string of the molecule is COc1ccccc1CC(Cl)c1cccc(C)c1I. The van der Waals surface area contributed by atoms with Gasteiger partial charge in [0, 0.05) is 3.57 Å². The molecule has 0 aliphatic carbocycles. The first kappa shape index (κ1) is 14.7. The normalized spacial score (nSPS) is 12.2. The minimum atomic E-state index is -0.0388. The number of rotatable bonds is 4. The maximum Gasteiger partial charge on any atom is 0.122 e. The Morgan fingerprint density at radius 1 is 1.16 bits per heavy atom. The van der Waals surface area contributed by atoms with Crippen molar-refractivity contribution in [3.63, 3.8) is 0 Å². The standard InChI is InChI=1S/C16H16ClIO/c1-11-6-5-8-13(16(11)18)14(17)10-12-7-3-4-9-15(12)19-2/h3-9,14H,10H2,1-2H3. The number of aryl methyl sites for hydroxylation is 1. The van der Waals surface area contributed by atoms with Crippen molar-refractivity contribution in [2.75, 3.05) is 7.11 Å². The van der Waals surface area contributed by atoms with Crippen LogP contribution >= 0.6 is 34.2 Å². The van der Waals surface area contributed by atoms with Gasteiger partial charge in [-0.2, -0.15) is 0 Å². The molecule has 1 unspecified atom stereocenters. The summed E-state index contributed by atoms with van der Waals surface area (Å²) in [5, 5.41) is -0.0388. The van der Waals surface area contributed by atoms with Gasteiger partial charge in [-0.15, -0.1) is 11.6 Å². The molecular formula is C16H16ClIO. The smallest absolute Gasteiger partial charge is 0.122 e. The Morgan fingerprint density at radius 2 is 1.89 bits per heavy atom. The van der Waals surface area contributed by atoms with Crippen LogP contribution in [0.1, 0.15) is 22.1 Å². The summed E-state index contributed by atoms with van der Waals surface area (Å²) in [7, 11) is 1.69. The van der Waals surface area contributed by atoms with Gasteiger partial charge in [-0.3, -0.25) is 0 Å². The lowest BCUT2D eigenvalue weighted by Gasteiger charge is -2.15. The fraction of sp³-hybridized carbons (Fsp3) is 0.250. The third kappa shape index (κ3) is 3.42. The number of para-hydroxylation sites is 1. The number of ether oxygens (including phenoxy) is 1. The molecule has 0 heterocycles. The Bertz CT molecular complexity index is 568. The summed E-state index contributed by atoms with van der Waals surface area (Å²) in [5.74, 6) is 0.899. The lowest BCUT2D eigenvalue weighted by atomic mass is 10.0. The Labute approximate surface area is 133 Å². The van der Waals surface area contributed by atoms with Crippen molar-refractivity contribution in [2.45, 2.75) is 18.7 Å². The first-order valence-corrected chi connectivity index (χ1v) is 7.66. The van der Waals surface area contributed by atoms with Gasteiger partial charge in [0.2, 0.25) is 0 Å². The molecule has 0 aliphatic heterocycles. The molecule has 2 rings (SSSR count). The summed E-state index contributed by atoms with van der Waals surface area (Å²) < 4.78 is 6.62. The summed E-state index contributed by atoms with van der Waals surface area (Å²) >= 11 is 8.95. The summed E-state index contributed by atoms with van der Waals surface area (Å²) in [4.78, 5) is 0. The molecule has 0 amide bonds. The van der Waals surface area contributed by atoms with E-state index in [1.165, 1.54) is 14.7 Å². The van der Waals surface area contributed by atoms with E-state index >= 15 is 0 Å². The second-order valence-corrected chi connectivity index (χ2v) is 6.07. The zero-order valence-corrected chi connectivity index (χ0v) is 13.9. The molecule has 1 nitrogen and oxygen atoms in total. The zero-order valence-electron chi connectivity index (χ0n) is 11.0. The van der Waals surface area contributed by atoms with Gasteiger partial charge in [0.05, 0.1) is 12.5 Å². The minimum Gasteiger partial charge on any atom is -0.496 e. The zero-order chi connectivity index (χ0) is 13.8. The average Bonchev–Trinajstić information content (AvgIpc) is 2.42. The summed E-state index contributed by atoms with van der Waals surface area (Å²) in [6, 6.07) is 14.3. The van der Waals surface area contributed by atoms with Crippen molar-refractivity contribution in [3.05, 3.63) is 62.7 Å². The molecular weight excluding hydrogens is 371 g/mol. The number of methoxy groups -OCH3 is 1. The monoisotopic (exact) mass is 386 g/mol. The molecule has 3 heteroatoms. The number of hydrogen-bond donors (Lipinski definition) is 0. The van der Waals surface area contributed by atoms with Gasteiger partial charge in [0.15, 0.2) is 0 Å². The molecule has 0 radical (unpaired) electrons. The molecule has 2 aromatic rings. The summed E-state index contributed by atoms with van der Waals surface area (Å²) in [6.45, 7) is 2.11. The van der Waals surface area contributed by atoms with Crippen LogP contribution in [0.15, 0.2) is 42.5 Å². The van der Waals surface area contributed by atoms with Crippen LogP contribution in [0.5, 0.6) is 5.75 Å². The Balaban J connectivity index is 2.26. The summed E-state index contributed by atoms with van der Waals surface area (Å²) in [5.41, 5.74) is 3.60. The number of halogens is 2. The molecule has 0 aromatic heterocycles. The highest BCUT2D eigenvalue weighted by atomic mass is 127. The highest BCUT2D eigenvalue weighted by molar-refractivity contribution is 14.1. The Morgan fingerprint density at radius 3 is 2.63 bits per heavy atom. The van der Waals surface area contributed by atoms with E-state index in [2.05, 4.69) is 53.8 Å². The largest absolute Gasteiger partial charge is 0.496 e. The van der Waals surface area contributed by atoms with E-state index in [0.29, 0.717) is 0 Å². The first-order chi connectivity index (χ1) is 9.13. The molecule has 0 spiro atoms. The molecule has 0 aliphatic rings. The summed E-state index contributed by atoms with van der Waals surface area (Å²) in [6.07, 6.45) is 0.769. The van der Waals surface area contributed by atoms with E-state index in [9.17, 15) is 0 Å². The highest BCUT2D eigenvalue weighted by Gasteiger charge is 2.15. The number of benzene rings is 2. The van der Waals surface area contributed by atoms with Crippen molar-refractivity contribution in [1.29, 1.82) is 0 Å². The molecule has 0 fully saturated rings. The van der Waals surface area contributed by atoms with Crippen LogP contribution in [0.3, 0.4) is 0 Å². The fourth-order valence-electron chi connectivity index (χ4n) is 2.09. The molecule has 100 valence electrons. The quantitative estimate of drug-likeness (QED) is 0.523. The van der Waals surface area contributed by atoms with Crippen molar-refractivity contribution < 1.29 is 4.74 Å². The van der Waals surface area contributed by atoms with E-state index in [4.69, 9.17) is 16.3 Å². The van der Waals surface area contributed by atoms with Crippen molar-refractivity contribution in [3.8, 4) is 5.75 Å². The molecule has 19 heavy (non-hydrogen) atoms. The predicted molar refractivity (Wildman–Crippen MR) is 89.2 cm³/mol. The minimum absolute atomic E-state index is 0.0388. The Kier molecular flexibility index (Phi) is 5.11. The maximum absolute atomic E-state index is 6.59. The molecule has 2 aromatic carbocycles. The van der Waals surface area contributed by atoms with E-state index in [-0.39, 0.29) is 5.38 Å². The van der Waals surface area contributed by atoms with Crippen LogP contribution < -0.4 is 4.74 Å². The van der Waals surface area contributed by atoms with Crippen LogP contribution in [0.25, 0.3) is 0 Å². The van der Waals surface area contributed by atoms with E-state index < -0.39 is 0 Å². The molecule has 0 bridgehead atoms. The van der Waals surface area contributed by atoms with Crippen molar-refractivity contribution in [1.82, 2.24) is 0 Å². The average molecular weight is 387 g/mol. The lowest BCUT2D eigenvalue weighted by molar-refractivity contribution is 0.409. The molecule has 1 atom stereocenters. The van der Waals surface area contributed by atoms with Crippen LogP contribution in [-0.4, -0.2) is 7.11 Å². The van der Waals surface area contributed by atoms with Gasteiger partial charge in [-0.1, -0.05) is 36.4 Å². The van der Waals surface area contributed by atoms with Crippen LogP contribution in [0, 0.1) is 10.5 Å². The van der Waals surface area contributed by atoms with Gasteiger partial charge in [0.1, 0.15) is 5.75 Å². The number of alkyl halides is 1. The van der Waals surface area contributed by atoms with Gasteiger partial charge in [-0.05, 0) is 58.7 Å². The van der Waals surface area contributed by atoms with Gasteiger partial charge < -0.3 is 4.74 Å². The third-order valence-electron chi connectivity index (χ3n) is 3.15. The molecule has 0 N–H and O–H groups in total. The van der Waals surface area contributed by atoms with Gasteiger partial charge in [-0.25, -0.2) is 0 Å². The molecule has 0 saturated heterocycles. The van der Waals surface area contributed by atoms with E-state index in [1.54, 1.807) is 7.11 Å². The lowest BCUT2D eigenvalue weighted by Crippen LogP contribution is -2.01. The first-order valence-electron chi connectivity index (χ1n) is 6.14. The number of hydrogen-bond acceptors (Lipinski definition) is 1. The van der Waals surface area contributed by atoms with Gasteiger partial charge >= 0.3 is 0 Å². The van der Waals surface area contributed by atoms with Crippen molar-refractivity contribution in [2.24, 2.45) is 0 Å². The van der Waals surface area contributed by atoms with Gasteiger partial charge in [0.25, 0.3) is 0 Å². The Hall–Kier alpha value is -0.740.